The second-order valence-electron chi connectivity index (χ2n) is 7.95. The van der Waals surface area contributed by atoms with Crippen LogP contribution in [0.2, 0.25) is 0 Å². The highest BCUT2D eigenvalue weighted by atomic mass is 19.1. The number of halogens is 1. The van der Waals surface area contributed by atoms with E-state index < -0.39 is 0 Å². The molecular formula is C23H27FN4O. The number of hydrazone groups is 1. The number of anilines is 1. The van der Waals surface area contributed by atoms with Crippen LogP contribution in [0.3, 0.4) is 0 Å². The summed E-state index contributed by atoms with van der Waals surface area (Å²) in [7, 11) is 1.81. The summed E-state index contributed by atoms with van der Waals surface area (Å²) in [5, 5.41) is 8.00. The zero-order valence-corrected chi connectivity index (χ0v) is 17.5. The molecule has 6 heteroatoms. The lowest BCUT2D eigenvalue weighted by Gasteiger charge is -2.24. The molecule has 0 amide bonds. The van der Waals surface area contributed by atoms with Gasteiger partial charge >= 0.3 is 0 Å². The Kier molecular flexibility index (Phi) is 5.04. The molecule has 1 N–H and O–H groups in total. The van der Waals surface area contributed by atoms with Crippen LogP contribution in [0.5, 0.6) is 0 Å². The second kappa shape index (κ2) is 7.52. The molecule has 0 radical (unpaired) electrons. The number of hydrogen-bond donors (Lipinski definition) is 1. The number of rotatable bonds is 4. The monoisotopic (exact) mass is 394 g/mol. The van der Waals surface area contributed by atoms with E-state index in [0.29, 0.717) is 17.4 Å². The second-order valence-corrected chi connectivity index (χ2v) is 7.95. The van der Waals surface area contributed by atoms with Crippen LogP contribution in [0, 0.1) is 5.82 Å². The van der Waals surface area contributed by atoms with Gasteiger partial charge in [-0.25, -0.2) is 9.82 Å². The molecule has 0 bridgehead atoms. The highest BCUT2D eigenvalue weighted by molar-refractivity contribution is 5.95. The molecule has 29 heavy (non-hydrogen) atoms. The molecule has 0 spiro atoms. The minimum Gasteiger partial charge on any atom is -0.451 e. The largest absolute Gasteiger partial charge is 0.451 e. The van der Waals surface area contributed by atoms with Crippen molar-refractivity contribution in [3.05, 3.63) is 65.6 Å². The number of hydrogen-bond acceptors (Lipinski definition) is 5. The summed E-state index contributed by atoms with van der Waals surface area (Å²) in [5.74, 6) is 0.354. The summed E-state index contributed by atoms with van der Waals surface area (Å²) in [5.41, 5.74) is 7.90. The molecule has 0 aliphatic carbocycles. The Balaban J connectivity index is 1.69. The molecule has 0 saturated carbocycles. The van der Waals surface area contributed by atoms with Crippen molar-refractivity contribution in [2.75, 3.05) is 12.1 Å². The number of hydrazine groups is 1. The lowest BCUT2D eigenvalue weighted by atomic mass is 9.95. The van der Waals surface area contributed by atoms with Gasteiger partial charge < -0.3 is 4.74 Å². The Bertz CT molecular complexity index is 985. The summed E-state index contributed by atoms with van der Waals surface area (Å²) in [6.07, 6.45) is 3.97. The fourth-order valence-electron chi connectivity index (χ4n) is 3.56. The van der Waals surface area contributed by atoms with Gasteiger partial charge in [0.1, 0.15) is 5.82 Å². The minimum absolute atomic E-state index is 0.196. The molecule has 2 aliphatic rings. The van der Waals surface area contributed by atoms with Crippen molar-refractivity contribution in [2.45, 2.75) is 45.9 Å². The van der Waals surface area contributed by atoms with Crippen molar-refractivity contribution < 1.29 is 9.13 Å². The highest BCUT2D eigenvalue weighted by Crippen LogP contribution is 2.34. The smallest absolute Gasteiger partial charge is 0.243 e. The van der Waals surface area contributed by atoms with Crippen LogP contribution in [-0.2, 0) is 4.74 Å². The van der Waals surface area contributed by atoms with Gasteiger partial charge in [-0.1, -0.05) is 32.0 Å². The van der Waals surface area contributed by atoms with E-state index in [1.807, 2.05) is 31.2 Å². The van der Waals surface area contributed by atoms with Crippen LogP contribution < -0.4 is 10.4 Å². The standard InChI is InChI=1S/C23H27FN4O/c1-14(2)19-8-6-18(13-22(19)28-11-10-15(3)25-28)17-7-9-20(21(24)12-17)23-26-27(5)16(4)29-23/h6-16,25H,1-5H3. The molecule has 2 aromatic rings. The topological polar surface area (TPSA) is 40.1 Å². The van der Waals surface area contributed by atoms with Crippen LogP contribution in [-0.4, -0.2) is 30.2 Å². The van der Waals surface area contributed by atoms with Gasteiger partial charge in [-0.2, -0.15) is 0 Å². The van der Waals surface area contributed by atoms with Gasteiger partial charge in [-0.3, -0.25) is 10.0 Å². The molecule has 0 fully saturated rings. The predicted molar refractivity (Wildman–Crippen MR) is 115 cm³/mol. The molecular weight excluding hydrogens is 367 g/mol. The van der Waals surface area contributed by atoms with Crippen LogP contribution in [0.25, 0.3) is 11.1 Å². The Labute approximate surface area is 171 Å². The summed E-state index contributed by atoms with van der Waals surface area (Å²) in [6, 6.07) is 11.8. The first kappa shape index (κ1) is 19.5. The minimum atomic E-state index is -0.342. The molecule has 2 unspecified atom stereocenters. The van der Waals surface area contributed by atoms with Crippen molar-refractivity contribution in [3.63, 3.8) is 0 Å². The summed E-state index contributed by atoms with van der Waals surface area (Å²) >= 11 is 0. The van der Waals surface area contributed by atoms with E-state index in [1.54, 1.807) is 17.1 Å². The van der Waals surface area contributed by atoms with Crippen LogP contribution in [0.4, 0.5) is 10.1 Å². The van der Waals surface area contributed by atoms with Crippen molar-refractivity contribution in [1.29, 1.82) is 0 Å². The Morgan fingerprint density at radius 2 is 1.83 bits per heavy atom. The van der Waals surface area contributed by atoms with Gasteiger partial charge in [-0.05, 0) is 60.7 Å². The molecule has 152 valence electrons. The van der Waals surface area contributed by atoms with Crippen molar-refractivity contribution in [2.24, 2.45) is 5.10 Å². The van der Waals surface area contributed by atoms with Gasteiger partial charge in [-0.15, -0.1) is 5.10 Å². The molecule has 2 heterocycles. The maximum atomic E-state index is 14.9. The van der Waals surface area contributed by atoms with E-state index in [9.17, 15) is 4.39 Å². The van der Waals surface area contributed by atoms with E-state index in [4.69, 9.17) is 4.74 Å². The lowest BCUT2D eigenvalue weighted by Crippen LogP contribution is -2.34. The number of ether oxygens (including phenoxy) is 1. The van der Waals surface area contributed by atoms with E-state index >= 15 is 0 Å². The van der Waals surface area contributed by atoms with Crippen molar-refractivity contribution in [3.8, 4) is 11.1 Å². The van der Waals surface area contributed by atoms with Crippen LogP contribution >= 0.6 is 0 Å². The van der Waals surface area contributed by atoms with Crippen LogP contribution in [0.1, 0.15) is 44.7 Å². The van der Waals surface area contributed by atoms with E-state index in [1.165, 1.54) is 5.56 Å². The molecule has 2 aliphatic heterocycles. The average molecular weight is 394 g/mol. The van der Waals surface area contributed by atoms with Crippen molar-refractivity contribution >= 4 is 11.6 Å². The first-order valence-electron chi connectivity index (χ1n) is 9.99. The summed E-state index contributed by atoms with van der Waals surface area (Å²) in [4.78, 5) is 0. The zero-order chi connectivity index (χ0) is 20.7. The normalized spacial score (nSPS) is 21.1. The van der Waals surface area contributed by atoms with Gasteiger partial charge in [0.15, 0.2) is 6.23 Å². The fourth-order valence-corrected chi connectivity index (χ4v) is 3.56. The van der Waals surface area contributed by atoms with Gasteiger partial charge in [0, 0.05) is 19.3 Å². The third-order valence-corrected chi connectivity index (χ3v) is 5.37. The maximum Gasteiger partial charge on any atom is 0.243 e. The Morgan fingerprint density at radius 1 is 1.10 bits per heavy atom. The fraction of sp³-hybridized carbons (Fsp3) is 0.348. The molecule has 2 atom stereocenters. The first-order chi connectivity index (χ1) is 13.8. The summed E-state index contributed by atoms with van der Waals surface area (Å²) in [6.45, 7) is 8.34. The molecule has 5 nitrogen and oxygen atoms in total. The third-order valence-electron chi connectivity index (χ3n) is 5.37. The maximum absolute atomic E-state index is 14.9. The quantitative estimate of drug-likeness (QED) is 0.808. The number of nitrogens with zero attached hydrogens (tertiary/aromatic N) is 3. The molecule has 0 aromatic heterocycles. The lowest BCUT2D eigenvalue weighted by molar-refractivity contribution is 0.0959. The van der Waals surface area contributed by atoms with Crippen LogP contribution in [0.15, 0.2) is 53.8 Å². The molecule has 4 rings (SSSR count). The van der Waals surface area contributed by atoms with Gasteiger partial charge in [0.05, 0.1) is 11.3 Å². The Morgan fingerprint density at radius 3 is 2.41 bits per heavy atom. The third kappa shape index (κ3) is 3.72. The highest BCUT2D eigenvalue weighted by Gasteiger charge is 2.24. The number of nitrogens with one attached hydrogen (secondary N) is 1. The molecule has 0 saturated heterocycles. The van der Waals surface area contributed by atoms with Gasteiger partial charge in [0.25, 0.3) is 0 Å². The summed E-state index contributed by atoms with van der Waals surface area (Å²) < 4.78 is 20.5. The predicted octanol–water partition coefficient (Wildman–Crippen LogP) is 4.81. The Hall–Kier alpha value is -2.86. The van der Waals surface area contributed by atoms with Gasteiger partial charge in [0.2, 0.25) is 5.90 Å². The van der Waals surface area contributed by atoms with E-state index in [0.717, 1.165) is 16.8 Å². The van der Waals surface area contributed by atoms with E-state index in [2.05, 4.69) is 55.6 Å². The first-order valence-corrected chi connectivity index (χ1v) is 9.99. The average Bonchev–Trinajstić information content (AvgIpc) is 3.26. The van der Waals surface area contributed by atoms with Crippen molar-refractivity contribution in [1.82, 2.24) is 10.4 Å². The van der Waals surface area contributed by atoms with E-state index in [-0.39, 0.29) is 18.1 Å². The zero-order valence-electron chi connectivity index (χ0n) is 17.5. The SMILES string of the molecule is CC1C=CN(c2cc(-c3ccc(C4=NN(C)C(C)O4)c(F)c3)ccc2C(C)C)N1. The number of benzene rings is 2. The molecule has 2 aromatic carbocycles.